The van der Waals surface area contributed by atoms with Crippen LogP contribution in [-0.4, -0.2) is 16.1 Å². The highest BCUT2D eigenvalue weighted by molar-refractivity contribution is 6.65. The predicted molar refractivity (Wildman–Crippen MR) is 62.0 cm³/mol. The van der Waals surface area contributed by atoms with E-state index in [1.807, 2.05) is 18.2 Å². The summed E-state index contributed by atoms with van der Waals surface area (Å²) in [7, 11) is 0. The summed E-state index contributed by atoms with van der Waals surface area (Å²) in [5.41, 5.74) is 0.806. The molecule has 1 heterocycles. The normalized spacial score (nSPS) is 21.2. The van der Waals surface area contributed by atoms with E-state index < -0.39 is 16.1 Å². The van der Waals surface area contributed by atoms with E-state index in [9.17, 15) is 9.59 Å². The molecule has 1 saturated heterocycles. The van der Waals surface area contributed by atoms with E-state index in [0.717, 1.165) is 5.56 Å². The quantitative estimate of drug-likeness (QED) is 0.474. The minimum atomic E-state index is -1.80. The third-order valence-electron chi connectivity index (χ3n) is 2.21. The lowest BCUT2D eigenvalue weighted by atomic mass is 10.1. The molecule has 82 valence electrons. The Labute approximate surface area is 102 Å². The number of carbonyl (C=O) groups excluding carboxylic acids is 2. The van der Waals surface area contributed by atoms with E-state index >= 15 is 0 Å². The molecular formula is C11H7Cl2NO2. The van der Waals surface area contributed by atoms with E-state index in [0.29, 0.717) is 0 Å². The van der Waals surface area contributed by atoms with Crippen molar-refractivity contribution in [3.05, 3.63) is 41.5 Å². The predicted octanol–water partition coefficient (Wildman–Crippen LogP) is 1.90. The van der Waals surface area contributed by atoms with E-state index in [4.69, 9.17) is 23.2 Å². The molecule has 0 bridgehead atoms. The van der Waals surface area contributed by atoms with Gasteiger partial charge >= 0.3 is 0 Å². The lowest BCUT2D eigenvalue weighted by molar-refractivity contribution is -0.124. The average Bonchev–Trinajstić information content (AvgIpc) is 2.43. The van der Waals surface area contributed by atoms with Crippen LogP contribution < -0.4 is 5.32 Å². The van der Waals surface area contributed by atoms with Crippen molar-refractivity contribution in [2.24, 2.45) is 0 Å². The molecule has 5 heteroatoms. The van der Waals surface area contributed by atoms with Crippen LogP contribution in [0.3, 0.4) is 0 Å². The van der Waals surface area contributed by atoms with Crippen LogP contribution >= 0.6 is 23.2 Å². The summed E-state index contributed by atoms with van der Waals surface area (Å²) >= 11 is 11.6. The van der Waals surface area contributed by atoms with Crippen LogP contribution in [0.1, 0.15) is 5.56 Å². The molecule has 1 aromatic rings. The second-order valence-electron chi connectivity index (χ2n) is 3.33. The monoisotopic (exact) mass is 255 g/mol. The summed E-state index contributed by atoms with van der Waals surface area (Å²) < 4.78 is -1.80. The molecule has 0 spiro atoms. The Kier molecular flexibility index (Phi) is 2.74. The molecule has 0 atom stereocenters. The third-order valence-corrected chi connectivity index (χ3v) is 2.96. The molecule has 0 saturated carbocycles. The Morgan fingerprint density at radius 3 is 2.25 bits per heavy atom. The third kappa shape index (κ3) is 1.84. The number of imide groups is 1. The van der Waals surface area contributed by atoms with Gasteiger partial charge in [-0.05, 0) is 11.6 Å². The first kappa shape index (κ1) is 11.2. The molecule has 2 amide bonds. The van der Waals surface area contributed by atoms with Gasteiger partial charge in [-0.25, -0.2) is 0 Å². The van der Waals surface area contributed by atoms with Crippen LogP contribution in [0.4, 0.5) is 0 Å². The largest absolute Gasteiger partial charge is 0.290 e. The number of halogens is 2. The summed E-state index contributed by atoms with van der Waals surface area (Å²) in [5.74, 6) is -1.26. The fourth-order valence-electron chi connectivity index (χ4n) is 1.39. The van der Waals surface area contributed by atoms with Crippen molar-refractivity contribution in [3.63, 3.8) is 0 Å². The van der Waals surface area contributed by atoms with Gasteiger partial charge in [-0.2, -0.15) is 0 Å². The number of amides is 2. The zero-order chi connectivity index (χ0) is 11.8. The number of alkyl halides is 2. The van der Waals surface area contributed by atoms with Crippen LogP contribution in [0.2, 0.25) is 0 Å². The number of benzene rings is 1. The molecule has 1 aliphatic rings. The molecular weight excluding hydrogens is 249 g/mol. The van der Waals surface area contributed by atoms with E-state index in [2.05, 4.69) is 5.32 Å². The summed E-state index contributed by atoms with van der Waals surface area (Å²) in [6.07, 6.45) is 1.50. The van der Waals surface area contributed by atoms with E-state index in [1.54, 1.807) is 12.1 Å². The maximum Gasteiger partial charge on any atom is 0.268 e. The topological polar surface area (TPSA) is 46.2 Å². The van der Waals surface area contributed by atoms with Crippen molar-refractivity contribution in [2.45, 2.75) is 4.33 Å². The van der Waals surface area contributed by atoms with Crippen molar-refractivity contribution >= 4 is 41.1 Å². The van der Waals surface area contributed by atoms with Crippen LogP contribution in [0.25, 0.3) is 6.08 Å². The van der Waals surface area contributed by atoms with Gasteiger partial charge in [-0.15, -0.1) is 0 Å². The molecule has 16 heavy (non-hydrogen) atoms. The van der Waals surface area contributed by atoms with Crippen LogP contribution in [0.15, 0.2) is 35.9 Å². The second-order valence-corrected chi connectivity index (χ2v) is 4.65. The Bertz CT molecular complexity index is 480. The number of nitrogens with one attached hydrogen (secondary N) is 1. The van der Waals surface area contributed by atoms with Crippen LogP contribution in [0.5, 0.6) is 0 Å². The molecule has 3 nitrogen and oxygen atoms in total. The Hall–Kier alpha value is -1.32. The number of hydrogen-bond donors (Lipinski definition) is 1. The van der Waals surface area contributed by atoms with Gasteiger partial charge in [0.1, 0.15) is 0 Å². The van der Waals surface area contributed by atoms with Gasteiger partial charge in [-0.1, -0.05) is 53.5 Å². The molecule has 0 aliphatic carbocycles. The zero-order valence-electron chi connectivity index (χ0n) is 8.04. The maximum absolute atomic E-state index is 11.4. The van der Waals surface area contributed by atoms with Crippen molar-refractivity contribution in [2.75, 3.05) is 0 Å². The molecule has 2 rings (SSSR count). The minimum absolute atomic E-state index is 0.0482. The SMILES string of the molecule is O=C1NC(=O)C(Cl)(Cl)C1=Cc1ccccc1. The molecule has 0 unspecified atom stereocenters. The van der Waals surface area contributed by atoms with Crippen molar-refractivity contribution in [1.29, 1.82) is 0 Å². The van der Waals surface area contributed by atoms with Gasteiger partial charge < -0.3 is 0 Å². The van der Waals surface area contributed by atoms with Gasteiger partial charge in [0, 0.05) is 0 Å². The average molecular weight is 256 g/mol. The van der Waals surface area contributed by atoms with Gasteiger partial charge in [0.05, 0.1) is 5.57 Å². The maximum atomic E-state index is 11.4. The van der Waals surface area contributed by atoms with Crippen LogP contribution in [-0.2, 0) is 9.59 Å². The van der Waals surface area contributed by atoms with Crippen LogP contribution in [0, 0.1) is 0 Å². The molecule has 1 aliphatic heterocycles. The first-order valence-electron chi connectivity index (χ1n) is 4.52. The van der Waals surface area contributed by atoms with Gasteiger partial charge in [-0.3, -0.25) is 14.9 Å². The highest BCUT2D eigenvalue weighted by Crippen LogP contribution is 2.35. The standard InChI is InChI=1S/C11H7Cl2NO2/c12-11(13)8(9(15)14-10(11)16)6-7-4-2-1-3-5-7/h1-6H,(H,14,15,16). The fraction of sp³-hybridized carbons (Fsp3) is 0.0909. The molecule has 1 N–H and O–H groups in total. The Morgan fingerprint density at radius 1 is 1.12 bits per heavy atom. The Morgan fingerprint density at radius 2 is 1.75 bits per heavy atom. The van der Waals surface area contributed by atoms with Gasteiger partial charge in [0.2, 0.25) is 4.33 Å². The van der Waals surface area contributed by atoms with E-state index in [-0.39, 0.29) is 5.57 Å². The fourth-order valence-corrected chi connectivity index (χ4v) is 1.76. The van der Waals surface area contributed by atoms with E-state index in [1.165, 1.54) is 6.08 Å². The summed E-state index contributed by atoms with van der Waals surface area (Å²) in [6, 6.07) is 9.03. The molecule has 1 fully saturated rings. The number of hydrogen-bond acceptors (Lipinski definition) is 2. The zero-order valence-corrected chi connectivity index (χ0v) is 9.55. The molecule has 0 radical (unpaired) electrons. The molecule has 0 aromatic heterocycles. The smallest absolute Gasteiger partial charge is 0.268 e. The minimum Gasteiger partial charge on any atom is -0.290 e. The summed E-state index contributed by atoms with van der Waals surface area (Å²) in [4.78, 5) is 22.7. The lowest BCUT2D eigenvalue weighted by Gasteiger charge is -2.08. The van der Waals surface area contributed by atoms with Crippen molar-refractivity contribution in [3.8, 4) is 0 Å². The highest BCUT2D eigenvalue weighted by Gasteiger charge is 2.48. The highest BCUT2D eigenvalue weighted by atomic mass is 35.5. The molecule has 1 aromatic carbocycles. The number of carbonyl (C=O) groups is 2. The van der Waals surface area contributed by atoms with Gasteiger partial charge in [0.15, 0.2) is 0 Å². The summed E-state index contributed by atoms with van der Waals surface area (Å²) in [6.45, 7) is 0. The van der Waals surface area contributed by atoms with Gasteiger partial charge in [0.25, 0.3) is 11.8 Å². The first-order chi connectivity index (χ1) is 7.51. The van der Waals surface area contributed by atoms with Crippen molar-refractivity contribution < 1.29 is 9.59 Å². The summed E-state index contributed by atoms with van der Waals surface area (Å²) in [5, 5.41) is 2.07. The lowest BCUT2D eigenvalue weighted by Crippen LogP contribution is -2.27. The Balaban J connectivity index is 2.45. The number of rotatable bonds is 1. The van der Waals surface area contributed by atoms with Crippen molar-refractivity contribution in [1.82, 2.24) is 5.32 Å². The first-order valence-corrected chi connectivity index (χ1v) is 5.28. The second kappa shape index (κ2) is 3.92.